The number of urea groups is 1. The number of hydrogen-bond donors (Lipinski definition) is 1. The molecule has 0 aromatic carbocycles. The molecule has 1 aliphatic rings. The molecule has 0 aliphatic heterocycles. The Kier molecular flexibility index (Phi) is 5.60. The highest BCUT2D eigenvalue weighted by Gasteiger charge is 2.41. The molecule has 0 spiro atoms. The quantitative estimate of drug-likeness (QED) is 0.789. The molecule has 0 radical (unpaired) electrons. The van der Waals surface area contributed by atoms with Gasteiger partial charge in [0.2, 0.25) is 0 Å². The first-order chi connectivity index (χ1) is 9.28. The van der Waals surface area contributed by atoms with E-state index in [1.807, 2.05) is 6.92 Å². The molecule has 1 N–H and O–H groups in total. The first-order valence-corrected chi connectivity index (χ1v) is 7.13. The highest BCUT2D eigenvalue weighted by atomic mass is 16.4. The summed E-state index contributed by atoms with van der Waals surface area (Å²) < 4.78 is 0. The van der Waals surface area contributed by atoms with Crippen LogP contribution in [0.4, 0.5) is 4.79 Å². The van der Waals surface area contributed by atoms with Crippen LogP contribution in [0, 0.1) is 0 Å². The summed E-state index contributed by atoms with van der Waals surface area (Å²) in [6, 6.07) is -0.129. The molecule has 2 amide bonds. The number of hydrogen-bond acceptors (Lipinski definition) is 2. The summed E-state index contributed by atoms with van der Waals surface area (Å²) in [7, 11) is 3.45. The van der Waals surface area contributed by atoms with Crippen LogP contribution in [0.1, 0.15) is 45.4 Å². The van der Waals surface area contributed by atoms with E-state index in [4.69, 9.17) is 0 Å². The van der Waals surface area contributed by atoms with Gasteiger partial charge in [0.1, 0.15) is 0 Å². The number of rotatable bonds is 5. The molecule has 0 heterocycles. The molecular weight excluding hydrogens is 256 g/mol. The number of nitrogens with zero attached hydrogens (tertiary/aromatic N) is 2. The second-order valence-electron chi connectivity index (χ2n) is 6.01. The van der Waals surface area contributed by atoms with Crippen LogP contribution in [0.15, 0.2) is 12.2 Å². The maximum Gasteiger partial charge on any atom is 0.320 e. The Balaban J connectivity index is 2.86. The van der Waals surface area contributed by atoms with E-state index in [0.717, 1.165) is 37.7 Å². The fraction of sp³-hybridized carbons (Fsp3) is 0.733. The summed E-state index contributed by atoms with van der Waals surface area (Å²) in [6.07, 6.45) is 4.64. The normalized spacial score (nSPS) is 17.4. The van der Waals surface area contributed by atoms with Crippen molar-refractivity contribution in [3.8, 4) is 0 Å². The van der Waals surface area contributed by atoms with Crippen molar-refractivity contribution >= 4 is 12.0 Å². The molecule has 1 rings (SSSR count). The van der Waals surface area contributed by atoms with Crippen LogP contribution in [0.2, 0.25) is 0 Å². The zero-order valence-corrected chi connectivity index (χ0v) is 12.8. The Morgan fingerprint density at radius 1 is 1.20 bits per heavy atom. The topological polar surface area (TPSA) is 60.9 Å². The molecule has 114 valence electrons. The minimum Gasteiger partial charge on any atom is -0.481 e. The van der Waals surface area contributed by atoms with E-state index in [0.29, 0.717) is 6.54 Å². The van der Waals surface area contributed by atoms with Crippen molar-refractivity contribution in [2.24, 2.45) is 0 Å². The van der Waals surface area contributed by atoms with E-state index in [1.165, 1.54) is 0 Å². The van der Waals surface area contributed by atoms with Crippen molar-refractivity contribution in [3.63, 3.8) is 0 Å². The molecule has 1 fully saturated rings. The molecule has 0 aromatic rings. The summed E-state index contributed by atoms with van der Waals surface area (Å²) in [5.41, 5.74) is 0.370. The van der Waals surface area contributed by atoms with E-state index in [1.54, 1.807) is 23.9 Å². The third-order valence-corrected chi connectivity index (χ3v) is 4.10. The van der Waals surface area contributed by atoms with Crippen LogP contribution < -0.4 is 0 Å². The van der Waals surface area contributed by atoms with Gasteiger partial charge in [-0.05, 0) is 19.8 Å². The fourth-order valence-electron chi connectivity index (χ4n) is 3.05. The van der Waals surface area contributed by atoms with Crippen molar-refractivity contribution in [2.45, 2.75) is 51.0 Å². The molecule has 0 aromatic heterocycles. The second kappa shape index (κ2) is 6.77. The van der Waals surface area contributed by atoms with Gasteiger partial charge in [-0.2, -0.15) is 0 Å². The van der Waals surface area contributed by atoms with Crippen LogP contribution in [-0.4, -0.2) is 53.1 Å². The van der Waals surface area contributed by atoms with Gasteiger partial charge in [0.25, 0.3) is 0 Å². The lowest BCUT2D eigenvalue weighted by atomic mass is 9.78. The Bertz CT molecular complexity index is 387. The highest BCUT2D eigenvalue weighted by Crippen LogP contribution is 2.36. The molecular formula is C15H26N2O3. The van der Waals surface area contributed by atoms with Gasteiger partial charge in [0.05, 0.1) is 12.0 Å². The highest BCUT2D eigenvalue weighted by molar-refractivity contribution is 5.77. The summed E-state index contributed by atoms with van der Waals surface area (Å²) >= 11 is 0. The van der Waals surface area contributed by atoms with Gasteiger partial charge in [-0.3, -0.25) is 4.79 Å². The van der Waals surface area contributed by atoms with Crippen molar-refractivity contribution in [1.29, 1.82) is 0 Å². The molecule has 0 bridgehead atoms. The smallest absolute Gasteiger partial charge is 0.320 e. The lowest BCUT2D eigenvalue weighted by Crippen LogP contribution is -2.55. The summed E-state index contributed by atoms with van der Waals surface area (Å²) in [5, 5.41) is 9.18. The molecule has 5 heteroatoms. The van der Waals surface area contributed by atoms with Gasteiger partial charge < -0.3 is 14.9 Å². The number of likely N-dealkylation sites (N-methyl/N-ethyl adjacent to an activating group) is 1. The third-order valence-electron chi connectivity index (χ3n) is 4.10. The average Bonchev–Trinajstić information content (AvgIpc) is 2.36. The zero-order valence-electron chi connectivity index (χ0n) is 12.8. The third kappa shape index (κ3) is 3.99. The van der Waals surface area contributed by atoms with Crippen LogP contribution >= 0.6 is 0 Å². The van der Waals surface area contributed by atoms with E-state index >= 15 is 0 Å². The van der Waals surface area contributed by atoms with Gasteiger partial charge in [0.15, 0.2) is 0 Å². The number of carboxylic acids is 1. The molecule has 1 aliphatic carbocycles. The minimum absolute atomic E-state index is 0.0240. The van der Waals surface area contributed by atoms with Crippen molar-refractivity contribution in [2.75, 3.05) is 20.6 Å². The Labute approximate surface area is 121 Å². The molecule has 0 saturated heterocycles. The summed E-state index contributed by atoms with van der Waals surface area (Å²) in [6.45, 7) is 6.17. The monoisotopic (exact) mass is 282 g/mol. The molecule has 1 saturated carbocycles. The Morgan fingerprint density at radius 2 is 1.75 bits per heavy atom. The number of carbonyl (C=O) groups is 2. The Morgan fingerprint density at radius 3 is 2.20 bits per heavy atom. The number of aliphatic carboxylic acids is 1. The second-order valence-corrected chi connectivity index (χ2v) is 6.01. The average molecular weight is 282 g/mol. The standard InChI is InChI=1S/C15H26N2O3/c1-12(2)11-16(3)14(20)17(4)15(10-13(18)19)8-6-5-7-9-15/h1,5-11H2,2-4H3,(H,18,19). The Hall–Kier alpha value is -1.52. The molecule has 0 unspecified atom stereocenters. The maximum atomic E-state index is 12.5. The lowest BCUT2D eigenvalue weighted by Gasteiger charge is -2.45. The van der Waals surface area contributed by atoms with E-state index in [-0.39, 0.29) is 12.5 Å². The van der Waals surface area contributed by atoms with Gasteiger partial charge in [0, 0.05) is 20.6 Å². The fourth-order valence-corrected chi connectivity index (χ4v) is 3.05. The van der Waals surface area contributed by atoms with Crippen LogP contribution in [0.5, 0.6) is 0 Å². The van der Waals surface area contributed by atoms with Crippen LogP contribution in [0.25, 0.3) is 0 Å². The maximum absolute atomic E-state index is 12.5. The minimum atomic E-state index is -0.839. The molecule has 0 atom stereocenters. The van der Waals surface area contributed by atoms with Crippen LogP contribution in [0.3, 0.4) is 0 Å². The largest absolute Gasteiger partial charge is 0.481 e. The van der Waals surface area contributed by atoms with Crippen molar-refractivity contribution < 1.29 is 14.7 Å². The van der Waals surface area contributed by atoms with Gasteiger partial charge in [-0.15, -0.1) is 0 Å². The van der Waals surface area contributed by atoms with E-state index < -0.39 is 11.5 Å². The van der Waals surface area contributed by atoms with Crippen molar-refractivity contribution in [1.82, 2.24) is 9.80 Å². The van der Waals surface area contributed by atoms with Gasteiger partial charge in [-0.25, -0.2) is 4.79 Å². The molecule has 5 nitrogen and oxygen atoms in total. The first kappa shape index (κ1) is 16.5. The van der Waals surface area contributed by atoms with Crippen molar-refractivity contribution in [3.05, 3.63) is 12.2 Å². The zero-order chi connectivity index (χ0) is 15.3. The van der Waals surface area contributed by atoms with E-state index in [2.05, 4.69) is 6.58 Å². The van der Waals surface area contributed by atoms with Gasteiger partial charge in [-0.1, -0.05) is 31.4 Å². The first-order valence-electron chi connectivity index (χ1n) is 7.13. The SMILES string of the molecule is C=C(C)CN(C)C(=O)N(C)C1(CC(=O)O)CCCCC1. The number of carboxylic acid groups (broad SMARTS) is 1. The number of carbonyl (C=O) groups excluding carboxylic acids is 1. The summed E-state index contributed by atoms with van der Waals surface area (Å²) in [5.74, 6) is -0.839. The number of amides is 2. The van der Waals surface area contributed by atoms with Crippen LogP contribution in [-0.2, 0) is 4.79 Å². The van der Waals surface area contributed by atoms with E-state index in [9.17, 15) is 14.7 Å². The summed E-state index contributed by atoms with van der Waals surface area (Å²) in [4.78, 5) is 26.9. The predicted octanol–water partition coefficient (Wildman–Crippen LogP) is 2.72. The van der Waals surface area contributed by atoms with Gasteiger partial charge >= 0.3 is 12.0 Å². The molecule has 20 heavy (non-hydrogen) atoms. The predicted molar refractivity (Wildman–Crippen MR) is 78.7 cm³/mol. The lowest BCUT2D eigenvalue weighted by molar-refractivity contribution is -0.140.